The number of carbonyl (C=O) groups excluding carboxylic acids is 2. The number of aliphatic hydroxyl groups is 1. The summed E-state index contributed by atoms with van der Waals surface area (Å²) in [5, 5.41) is 11.7. The van der Waals surface area contributed by atoms with Crippen LogP contribution < -0.4 is 15.8 Å². The molecule has 0 heterocycles. The van der Waals surface area contributed by atoms with Gasteiger partial charge in [0.2, 0.25) is 5.91 Å². The van der Waals surface area contributed by atoms with E-state index in [1.54, 1.807) is 0 Å². The van der Waals surface area contributed by atoms with Gasteiger partial charge in [0.25, 0.3) is 0 Å². The molecule has 0 fully saturated rings. The predicted octanol–water partition coefficient (Wildman–Crippen LogP) is 1.88. The number of hydrogen-bond acceptors (Lipinski definition) is 6. The number of benzene rings is 1. The van der Waals surface area contributed by atoms with E-state index in [-0.39, 0.29) is 25.0 Å². The molecule has 1 amide bonds. The molecule has 1 rings (SSSR count). The van der Waals surface area contributed by atoms with Crippen LogP contribution in [0.4, 0.5) is 4.79 Å². The lowest BCUT2D eigenvalue weighted by molar-refractivity contribution is -0.120. The lowest BCUT2D eigenvalue weighted by Crippen LogP contribution is -2.45. The normalized spacial score (nSPS) is 12.3. The van der Waals surface area contributed by atoms with Crippen molar-refractivity contribution in [2.75, 3.05) is 19.8 Å². The second kappa shape index (κ2) is 10.0. The van der Waals surface area contributed by atoms with Gasteiger partial charge in [-0.25, -0.2) is 4.79 Å². The minimum absolute atomic E-state index is 0.0104. The highest BCUT2D eigenvalue weighted by Gasteiger charge is 2.19. The first-order valence-electron chi connectivity index (χ1n) is 8.38. The lowest BCUT2D eigenvalue weighted by Gasteiger charge is -2.18. The molecule has 4 N–H and O–H groups in total. The van der Waals surface area contributed by atoms with Crippen LogP contribution in [0.3, 0.4) is 0 Å². The largest absolute Gasteiger partial charge is 0.513 e. The Labute approximate surface area is 148 Å². The fourth-order valence-corrected chi connectivity index (χ4v) is 2.34. The van der Waals surface area contributed by atoms with Gasteiger partial charge in [0.15, 0.2) is 0 Å². The number of carbonyl (C=O) groups is 2. The zero-order valence-corrected chi connectivity index (χ0v) is 15.2. The third kappa shape index (κ3) is 6.36. The molecule has 25 heavy (non-hydrogen) atoms. The number of nitrogens with one attached hydrogen (secondary N) is 1. The standard InChI is InChI=1S/C18H28N2O5/c1-11(2)13-6-5-7-14(12(3)4)16(13)25-18(23)24-9-8-20-15(10-21)17(19)22/h5-7,11-12,15,20-21H,8-10H2,1-4H3,(H2,19,22)/t15-/m0/s1. The molecule has 0 spiro atoms. The molecule has 0 saturated heterocycles. The maximum atomic E-state index is 12.0. The lowest BCUT2D eigenvalue weighted by atomic mass is 9.94. The number of amides is 1. The Hall–Kier alpha value is -2.12. The van der Waals surface area contributed by atoms with Gasteiger partial charge < -0.3 is 25.6 Å². The van der Waals surface area contributed by atoms with Crippen LogP contribution in [0.25, 0.3) is 0 Å². The average molecular weight is 352 g/mol. The molecule has 0 saturated carbocycles. The fourth-order valence-electron chi connectivity index (χ4n) is 2.34. The van der Waals surface area contributed by atoms with E-state index in [9.17, 15) is 9.59 Å². The predicted molar refractivity (Wildman–Crippen MR) is 94.7 cm³/mol. The number of primary amides is 1. The van der Waals surface area contributed by atoms with Crippen LogP contribution in [-0.2, 0) is 9.53 Å². The highest BCUT2D eigenvalue weighted by Crippen LogP contribution is 2.34. The highest BCUT2D eigenvalue weighted by molar-refractivity contribution is 5.79. The smallest absolute Gasteiger partial charge is 0.433 e. The summed E-state index contributed by atoms with van der Waals surface area (Å²) in [6.07, 6.45) is -0.809. The van der Waals surface area contributed by atoms with E-state index < -0.39 is 24.7 Å². The van der Waals surface area contributed by atoms with Gasteiger partial charge in [0, 0.05) is 6.54 Å². The van der Waals surface area contributed by atoms with Crippen LogP contribution in [0.2, 0.25) is 0 Å². The summed E-state index contributed by atoms with van der Waals surface area (Å²) in [4.78, 5) is 23.0. The van der Waals surface area contributed by atoms with Crippen molar-refractivity contribution in [1.82, 2.24) is 5.32 Å². The number of aliphatic hydroxyl groups excluding tert-OH is 1. The first-order chi connectivity index (χ1) is 11.8. The third-order valence-electron chi connectivity index (χ3n) is 3.74. The van der Waals surface area contributed by atoms with Crippen LogP contribution in [0.15, 0.2) is 18.2 Å². The van der Waals surface area contributed by atoms with Crippen LogP contribution >= 0.6 is 0 Å². The molecule has 1 atom stereocenters. The van der Waals surface area contributed by atoms with E-state index in [4.69, 9.17) is 20.3 Å². The van der Waals surface area contributed by atoms with Crippen molar-refractivity contribution in [3.8, 4) is 5.75 Å². The summed E-state index contributed by atoms with van der Waals surface area (Å²) < 4.78 is 10.5. The first-order valence-corrected chi connectivity index (χ1v) is 8.38. The molecular weight excluding hydrogens is 324 g/mol. The van der Waals surface area contributed by atoms with Crippen molar-refractivity contribution in [2.45, 2.75) is 45.6 Å². The van der Waals surface area contributed by atoms with Gasteiger partial charge in [-0.15, -0.1) is 0 Å². The number of ether oxygens (including phenoxy) is 2. The van der Waals surface area contributed by atoms with Gasteiger partial charge in [0.1, 0.15) is 18.4 Å². The molecule has 0 aliphatic rings. The van der Waals surface area contributed by atoms with Gasteiger partial charge in [-0.1, -0.05) is 45.9 Å². The van der Waals surface area contributed by atoms with Gasteiger partial charge >= 0.3 is 6.16 Å². The maximum Gasteiger partial charge on any atom is 0.513 e. The first kappa shape index (κ1) is 20.9. The van der Waals surface area contributed by atoms with E-state index in [2.05, 4.69) is 5.32 Å². The third-order valence-corrected chi connectivity index (χ3v) is 3.74. The van der Waals surface area contributed by atoms with E-state index in [0.29, 0.717) is 5.75 Å². The molecule has 140 valence electrons. The maximum absolute atomic E-state index is 12.0. The fraction of sp³-hybridized carbons (Fsp3) is 0.556. The molecule has 0 bridgehead atoms. The minimum atomic E-state index is -0.867. The number of rotatable bonds is 9. The quantitative estimate of drug-likeness (QED) is 0.355. The molecule has 1 aromatic carbocycles. The molecule has 0 aromatic heterocycles. The van der Waals surface area contributed by atoms with E-state index in [1.807, 2.05) is 45.9 Å². The average Bonchev–Trinajstić information content (AvgIpc) is 2.54. The van der Waals surface area contributed by atoms with Gasteiger partial charge in [-0.2, -0.15) is 0 Å². The van der Waals surface area contributed by atoms with Crippen molar-refractivity contribution >= 4 is 12.1 Å². The van der Waals surface area contributed by atoms with Gasteiger partial charge in [-0.3, -0.25) is 4.79 Å². The Morgan fingerprint density at radius 3 is 2.16 bits per heavy atom. The SMILES string of the molecule is CC(C)c1cccc(C(C)C)c1OC(=O)OCCN[C@@H](CO)C(N)=O. The van der Waals surface area contributed by atoms with Crippen molar-refractivity contribution in [3.05, 3.63) is 29.3 Å². The zero-order valence-electron chi connectivity index (χ0n) is 15.2. The Kier molecular flexibility index (Phi) is 8.37. The molecule has 0 radical (unpaired) electrons. The topological polar surface area (TPSA) is 111 Å². The molecule has 7 nitrogen and oxygen atoms in total. The number of hydrogen-bond donors (Lipinski definition) is 3. The van der Waals surface area contributed by atoms with E-state index in [1.165, 1.54) is 0 Å². The molecular formula is C18H28N2O5. The molecule has 1 aromatic rings. The number of para-hydroxylation sites is 1. The van der Waals surface area contributed by atoms with Crippen LogP contribution in [-0.4, -0.2) is 43.0 Å². The summed E-state index contributed by atoms with van der Waals surface area (Å²) >= 11 is 0. The van der Waals surface area contributed by atoms with Crippen LogP contribution in [0.5, 0.6) is 5.75 Å². The van der Waals surface area contributed by atoms with Gasteiger partial charge in [-0.05, 0) is 23.0 Å². The zero-order chi connectivity index (χ0) is 19.0. The van der Waals surface area contributed by atoms with Crippen LogP contribution in [0, 0.1) is 0 Å². The van der Waals surface area contributed by atoms with Crippen molar-refractivity contribution in [3.63, 3.8) is 0 Å². The Balaban J connectivity index is 2.66. The summed E-state index contributed by atoms with van der Waals surface area (Å²) in [7, 11) is 0. The van der Waals surface area contributed by atoms with Crippen molar-refractivity contribution < 1.29 is 24.2 Å². The monoisotopic (exact) mass is 352 g/mol. The van der Waals surface area contributed by atoms with E-state index >= 15 is 0 Å². The summed E-state index contributed by atoms with van der Waals surface area (Å²) in [5.74, 6) is 0.265. The Morgan fingerprint density at radius 2 is 1.72 bits per heavy atom. The number of nitrogens with two attached hydrogens (primary N) is 1. The molecule has 0 aliphatic heterocycles. The summed E-state index contributed by atoms with van der Waals surface area (Å²) in [6.45, 7) is 7.86. The summed E-state index contributed by atoms with van der Waals surface area (Å²) in [6, 6.07) is 4.94. The second-order valence-electron chi connectivity index (χ2n) is 6.37. The Morgan fingerprint density at radius 1 is 1.16 bits per heavy atom. The summed E-state index contributed by atoms with van der Waals surface area (Å²) in [5.41, 5.74) is 6.97. The second-order valence-corrected chi connectivity index (χ2v) is 6.37. The van der Waals surface area contributed by atoms with Crippen molar-refractivity contribution in [1.29, 1.82) is 0 Å². The molecule has 0 aliphatic carbocycles. The van der Waals surface area contributed by atoms with Crippen molar-refractivity contribution in [2.24, 2.45) is 5.73 Å². The molecule has 7 heteroatoms. The minimum Gasteiger partial charge on any atom is -0.433 e. The highest BCUT2D eigenvalue weighted by atomic mass is 16.7. The molecule has 0 unspecified atom stereocenters. The van der Waals surface area contributed by atoms with E-state index in [0.717, 1.165) is 11.1 Å². The van der Waals surface area contributed by atoms with Gasteiger partial charge in [0.05, 0.1) is 6.61 Å². The Bertz CT molecular complexity index is 561. The van der Waals surface area contributed by atoms with Crippen LogP contribution in [0.1, 0.15) is 50.7 Å².